The molecule has 1 heterocycles. The molecule has 1 fully saturated rings. The molecule has 1 N–H and O–H groups in total. The maximum Gasteiger partial charge on any atom is 0.0690 e. The van der Waals surface area contributed by atoms with Crippen LogP contribution >= 0.6 is 0 Å². The molecule has 0 amide bonds. The minimum atomic E-state index is 0.671. The minimum Gasteiger partial charge on any atom is -0.312 e. The Morgan fingerprint density at radius 3 is 2.81 bits per heavy atom. The molecule has 0 atom stereocenters. The molecule has 0 bridgehead atoms. The molecule has 0 spiro atoms. The largest absolute Gasteiger partial charge is 0.312 e. The van der Waals surface area contributed by atoms with Crippen LogP contribution in [-0.2, 0) is 6.54 Å². The standard InChI is InChI=1S/C18H25N3/c1-13(2)11-19-12-16-10-14(3)4-7-18(16)21-9-8-17(20-21)15-5-6-15/h4,7-10,13,15,19H,5-6,11-12H2,1-3H3. The molecule has 0 saturated heterocycles. The summed E-state index contributed by atoms with van der Waals surface area (Å²) in [6.07, 6.45) is 4.70. The number of aryl methyl sites for hydroxylation is 1. The lowest BCUT2D eigenvalue weighted by molar-refractivity contribution is 0.551. The van der Waals surface area contributed by atoms with Crippen LogP contribution in [-0.4, -0.2) is 16.3 Å². The Kier molecular flexibility index (Phi) is 4.11. The molecule has 0 aliphatic heterocycles. The van der Waals surface area contributed by atoms with Crippen molar-refractivity contribution in [2.24, 2.45) is 5.92 Å². The van der Waals surface area contributed by atoms with Crippen molar-refractivity contribution in [2.45, 2.75) is 46.1 Å². The van der Waals surface area contributed by atoms with E-state index in [1.807, 2.05) is 4.68 Å². The molecule has 1 saturated carbocycles. The summed E-state index contributed by atoms with van der Waals surface area (Å²) in [4.78, 5) is 0. The fourth-order valence-electron chi connectivity index (χ4n) is 2.64. The Hall–Kier alpha value is -1.61. The smallest absolute Gasteiger partial charge is 0.0690 e. The molecule has 3 heteroatoms. The van der Waals surface area contributed by atoms with E-state index < -0.39 is 0 Å². The highest BCUT2D eigenvalue weighted by Gasteiger charge is 2.26. The van der Waals surface area contributed by atoms with E-state index >= 15 is 0 Å². The van der Waals surface area contributed by atoms with Gasteiger partial charge in [0.1, 0.15) is 0 Å². The zero-order valence-electron chi connectivity index (χ0n) is 13.3. The number of benzene rings is 1. The fraction of sp³-hybridized carbons (Fsp3) is 0.500. The zero-order valence-corrected chi connectivity index (χ0v) is 13.3. The lowest BCUT2D eigenvalue weighted by atomic mass is 10.1. The summed E-state index contributed by atoms with van der Waals surface area (Å²) in [5, 5.41) is 8.30. The number of nitrogens with one attached hydrogen (secondary N) is 1. The molecule has 21 heavy (non-hydrogen) atoms. The van der Waals surface area contributed by atoms with Crippen molar-refractivity contribution in [1.82, 2.24) is 15.1 Å². The van der Waals surface area contributed by atoms with Crippen molar-refractivity contribution >= 4 is 0 Å². The van der Waals surface area contributed by atoms with Gasteiger partial charge in [0.05, 0.1) is 11.4 Å². The SMILES string of the molecule is Cc1ccc(-n2ccc(C3CC3)n2)c(CNCC(C)C)c1. The fourth-order valence-corrected chi connectivity index (χ4v) is 2.64. The molecular weight excluding hydrogens is 258 g/mol. The lowest BCUT2D eigenvalue weighted by Gasteiger charge is -2.13. The van der Waals surface area contributed by atoms with E-state index in [1.165, 1.54) is 35.3 Å². The number of rotatable bonds is 6. The summed E-state index contributed by atoms with van der Waals surface area (Å²) in [5.41, 5.74) is 5.07. The summed E-state index contributed by atoms with van der Waals surface area (Å²) in [5.74, 6) is 1.38. The molecule has 3 rings (SSSR count). The summed E-state index contributed by atoms with van der Waals surface area (Å²) >= 11 is 0. The van der Waals surface area contributed by atoms with E-state index in [2.05, 4.69) is 56.6 Å². The van der Waals surface area contributed by atoms with Crippen molar-refractivity contribution in [3.05, 3.63) is 47.3 Å². The first kappa shape index (κ1) is 14.3. The van der Waals surface area contributed by atoms with Crippen LogP contribution in [0.4, 0.5) is 0 Å². The van der Waals surface area contributed by atoms with Gasteiger partial charge in [-0.2, -0.15) is 5.10 Å². The van der Waals surface area contributed by atoms with Crippen LogP contribution in [0.3, 0.4) is 0 Å². The van der Waals surface area contributed by atoms with Crippen LogP contribution in [0.5, 0.6) is 0 Å². The second kappa shape index (κ2) is 6.02. The molecule has 1 aromatic heterocycles. The monoisotopic (exact) mass is 283 g/mol. The van der Waals surface area contributed by atoms with Crippen LogP contribution in [0.25, 0.3) is 5.69 Å². The lowest BCUT2D eigenvalue weighted by Crippen LogP contribution is -2.20. The third kappa shape index (κ3) is 3.53. The molecule has 2 aromatic rings. The highest BCUT2D eigenvalue weighted by molar-refractivity contribution is 5.43. The summed E-state index contributed by atoms with van der Waals surface area (Å²) in [6.45, 7) is 8.56. The molecule has 0 unspecified atom stereocenters. The first-order valence-electron chi connectivity index (χ1n) is 7.99. The van der Waals surface area contributed by atoms with Gasteiger partial charge in [0.2, 0.25) is 0 Å². The molecule has 0 radical (unpaired) electrons. The zero-order chi connectivity index (χ0) is 14.8. The van der Waals surface area contributed by atoms with Crippen molar-refractivity contribution in [1.29, 1.82) is 0 Å². The van der Waals surface area contributed by atoms with Gasteiger partial charge < -0.3 is 5.32 Å². The first-order chi connectivity index (χ1) is 10.1. The van der Waals surface area contributed by atoms with Crippen molar-refractivity contribution in [3.63, 3.8) is 0 Å². The third-order valence-electron chi connectivity index (χ3n) is 3.96. The average molecular weight is 283 g/mol. The van der Waals surface area contributed by atoms with Crippen LogP contribution in [0.2, 0.25) is 0 Å². The first-order valence-corrected chi connectivity index (χ1v) is 7.99. The number of aromatic nitrogens is 2. The number of hydrogen-bond acceptors (Lipinski definition) is 2. The number of hydrogen-bond donors (Lipinski definition) is 1. The van der Waals surface area contributed by atoms with Gasteiger partial charge in [0.15, 0.2) is 0 Å². The Bertz CT molecular complexity index is 609. The van der Waals surface area contributed by atoms with Gasteiger partial charge >= 0.3 is 0 Å². The van der Waals surface area contributed by atoms with E-state index in [0.29, 0.717) is 11.8 Å². The van der Waals surface area contributed by atoms with Crippen LogP contribution in [0.1, 0.15) is 49.4 Å². The Morgan fingerprint density at radius 1 is 1.29 bits per heavy atom. The van der Waals surface area contributed by atoms with E-state index in [4.69, 9.17) is 5.10 Å². The van der Waals surface area contributed by atoms with Crippen LogP contribution in [0.15, 0.2) is 30.5 Å². The van der Waals surface area contributed by atoms with Gasteiger partial charge in [-0.25, -0.2) is 4.68 Å². The van der Waals surface area contributed by atoms with Crippen LogP contribution in [0, 0.1) is 12.8 Å². The normalized spacial score (nSPS) is 14.9. The van der Waals surface area contributed by atoms with Crippen molar-refractivity contribution < 1.29 is 0 Å². The molecule has 112 valence electrons. The predicted octanol–water partition coefficient (Wildman–Crippen LogP) is 3.80. The Balaban J connectivity index is 1.82. The maximum atomic E-state index is 4.76. The van der Waals surface area contributed by atoms with E-state index in [9.17, 15) is 0 Å². The third-order valence-corrected chi connectivity index (χ3v) is 3.96. The highest BCUT2D eigenvalue weighted by atomic mass is 15.3. The summed E-state index contributed by atoms with van der Waals surface area (Å²) in [7, 11) is 0. The Morgan fingerprint density at radius 2 is 2.10 bits per heavy atom. The molecular formula is C18H25N3. The summed E-state index contributed by atoms with van der Waals surface area (Å²) in [6, 6.07) is 8.79. The molecule has 3 nitrogen and oxygen atoms in total. The predicted molar refractivity (Wildman–Crippen MR) is 86.8 cm³/mol. The van der Waals surface area contributed by atoms with Gasteiger partial charge in [-0.3, -0.25) is 0 Å². The average Bonchev–Trinajstić information content (AvgIpc) is 3.17. The second-order valence-corrected chi connectivity index (χ2v) is 6.62. The molecule has 1 aromatic carbocycles. The van der Waals surface area contributed by atoms with E-state index in [-0.39, 0.29) is 0 Å². The Labute approximate surface area is 127 Å². The van der Waals surface area contributed by atoms with E-state index in [1.54, 1.807) is 0 Å². The van der Waals surface area contributed by atoms with Gasteiger partial charge in [0.25, 0.3) is 0 Å². The topological polar surface area (TPSA) is 29.9 Å². The quantitative estimate of drug-likeness (QED) is 0.874. The van der Waals surface area contributed by atoms with Crippen molar-refractivity contribution in [3.8, 4) is 5.69 Å². The number of nitrogens with zero attached hydrogens (tertiary/aromatic N) is 2. The van der Waals surface area contributed by atoms with Crippen molar-refractivity contribution in [2.75, 3.05) is 6.54 Å². The highest BCUT2D eigenvalue weighted by Crippen LogP contribution is 2.39. The van der Waals surface area contributed by atoms with Gasteiger partial charge in [-0.05, 0) is 49.9 Å². The molecule has 1 aliphatic rings. The minimum absolute atomic E-state index is 0.671. The van der Waals surface area contributed by atoms with Crippen LogP contribution < -0.4 is 5.32 Å². The summed E-state index contributed by atoms with van der Waals surface area (Å²) < 4.78 is 2.04. The maximum absolute atomic E-state index is 4.76. The van der Waals surface area contributed by atoms with Gasteiger partial charge in [-0.15, -0.1) is 0 Å². The van der Waals surface area contributed by atoms with Gasteiger partial charge in [-0.1, -0.05) is 31.5 Å². The van der Waals surface area contributed by atoms with Gasteiger partial charge in [0, 0.05) is 18.7 Å². The van der Waals surface area contributed by atoms with E-state index in [0.717, 1.165) is 13.1 Å². The second-order valence-electron chi connectivity index (χ2n) is 6.62. The molecule has 1 aliphatic carbocycles.